The molecular weight excluding hydrogens is 232 g/mol. The van der Waals surface area contributed by atoms with Gasteiger partial charge in [0.2, 0.25) is 0 Å². The van der Waals surface area contributed by atoms with Crippen LogP contribution in [0.1, 0.15) is 39.5 Å². The molecule has 0 saturated carbocycles. The van der Waals surface area contributed by atoms with E-state index in [2.05, 4.69) is 22.9 Å². The average Bonchev–Trinajstić information content (AvgIpc) is 2.12. The Morgan fingerprint density at radius 2 is 2.08 bits per heavy atom. The van der Waals surface area contributed by atoms with Crippen molar-refractivity contribution >= 4 is 21.9 Å². The number of ether oxygens (including phenoxy) is 1. The second-order valence-corrected chi connectivity index (χ2v) is 3.62. The number of allylic oxidation sites excluding steroid dienone is 1. The zero-order valence-corrected chi connectivity index (χ0v) is 9.89. The van der Waals surface area contributed by atoms with Crippen molar-refractivity contribution < 1.29 is 9.53 Å². The third-order valence-electron chi connectivity index (χ3n) is 1.60. The summed E-state index contributed by atoms with van der Waals surface area (Å²) in [4.78, 5) is 11.1. The standard InChI is InChI=1S/C10H17BrO2/c1-3-5-6-7-8-9(11)10(12)13-4-2/h8H,3-7H2,1-2H3/b9-8+. The first-order valence-electron chi connectivity index (χ1n) is 4.75. The zero-order chi connectivity index (χ0) is 10.1. The van der Waals surface area contributed by atoms with Crippen LogP contribution in [-0.4, -0.2) is 12.6 Å². The highest BCUT2D eigenvalue weighted by molar-refractivity contribution is 9.12. The molecule has 2 nitrogen and oxygen atoms in total. The van der Waals surface area contributed by atoms with Crippen LogP contribution in [0.3, 0.4) is 0 Å². The first-order valence-corrected chi connectivity index (χ1v) is 5.54. The minimum Gasteiger partial charge on any atom is -0.462 e. The summed E-state index contributed by atoms with van der Waals surface area (Å²) in [5.41, 5.74) is 0. The van der Waals surface area contributed by atoms with Crippen LogP contribution in [0.25, 0.3) is 0 Å². The van der Waals surface area contributed by atoms with Crippen LogP contribution in [0, 0.1) is 0 Å². The number of esters is 1. The topological polar surface area (TPSA) is 26.3 Å². The highest BCUT2D eigenvalue weighted by atomic mass is 79.9. The van der Waals surface area contributed by atoms with Crippen molar-refractivity contribution in [2.45, 2.75) is 39.5 Å². The SMILES string of the molecule is CCCCC/C=C(/Br)C(=O)OCC. The molecule has 0 unspecified atom stereocenters. The van der Waals surface area contributed by atoms with E-state index in [0.717, 1.165) is 12.8 Å². The van der Waals surface area contributed by atoms with E-state index in [1.54, 1.807) is 6.92 Å². The van der Waals surface area contributed by atoms with Gasteiger partial charge in [0.05, 0.1) is 11.1 Å². The summed E-state index contributed by atoms with van der Waals surface area (Å²) in [5, 5.41) is 0. The maximum Gasteiger partial charge on any atom is 0.344 e. The predicted molar refractivity (Wildman–Crippen MR) is 57.8 cm³/mol. The third-order valence-corrected chi connectivity index (χ3v) is 2.25. The maximum absolute atomic E-state index is 11.1. The Balaban J connectivity index is 3.67. The van der Waals surface area contributed by atoms with Gasteiger partial charge in [0, 0.05) is 0 Å². The summed E-state index contributed by atoms with van der Waals surface area (Å²) in [5.74, 6) is -0.265. The van der Waals surface area contributed by atoms with Gasteiger partial charge in [0.25, 0.3) is 0 Å². The van der Waals surface area contributed by atoms with Crippen LogP contribution in [0.4, 0.5) is 0 Å². The van der Waals surface area contributed by atoms with Crippen molar-refractivity contribution in [3.05, 3.63) is 10.6 Å². The van der Waals surface area contributed by atoms with E-state index in [-0.39, 0.29) is 5.97 Å². The minimum absolute atomic E-state index is 0.265. The molecule has 0 N–H and O–H groups in total. The number of hydrogen-bond acceptors (Lipinski definition) is 2. The average molecular weight is 249 g/mol. The molecule has 0 saturated heterocycles. The molecule has 0 bridgehead atoms. The van der Waals surface area contributed by atoms with Crippen LogP contribution in [0.2, 0.25) is 0 Å². The van der Waals surface area contributed by atoms with Gasteiger partial charge < -0.3 is 4.74 Å². The Labute approximate surface area is 88.5 Å². The molecule has 76 valence electrons. The minimum atomic E-state index is -0.265. The molecule has 3 heteroatoms. The van der Waals surface area contributed by atoms with E-state index < -0.39 is 0 Å². The highest BCUT2D eigenvalue weighted by Gasteiger charge is 2.04. The smallest absolute Gasteiger partial charge is 0.344 e. The van der Waals surface area contributed by atoms with Crippen LogP contribution < -0.4 is 0 Å². The lowest BCUT2D eigenvalue weighted by Crippen LogP contribution is -2.03. The molecular formula is C10H17BrO2. The van der Waals surface area contributed by atoms with Gasteiger partial charge in [-0.1, -0.05) is 25.8 Å². The summed E-state index contributed by atoms with van der Waals surface area (Å²) in [6.07, 6.45) is 6.36. The van der Waals surface area contributed by atoms with Crippen LogP contribution in [0.15, 0.2) is 10.6 Å². The Bertz CT molecular complexity index is 176. The summed E-state index contributed by atoms with van der Waals surface area (Å²) >= 11 is 3.18. The lowest BCUT2D eigenvalue weighted by atomic mass is 10.2. The van der Waals surface area contributed by atoms with Gasteiger partial charge >= 0.3 is 5.97 Å². The fourth-order valence-corrected chi connectivity index (χ4v) is 1.25. The van der Waals surface area contributed by atoms with Gasteiger partial charge in [-0.05, 0) is 35.7 Å². The van der Waals surface area contributed by atoms with Crippen molar-refractivity contribution in [1.82, 2.24) is 0 Å². The lowest BCUT2D eigenvalue weighted by molar-refractivity contribution is -0.137. The van der Waals surface area contributed by atoms with Crippen LogP contribution in [-0.2, 0) is 9.53 Å². The lowest BCUT2D eigenvalue weighted by Gasteiger charge is -1.99. The van der Waals surface area contributed by atoms with Gasteiger partial charge in [0.1, 0.15) is 0 Å². The van der Waals surface area contributed by atoms with Crippen molar-refractivity contribution in [2.24, 2.45) is 0 Å². The molecule has 0 aliphatic heterocycles. The Kier molecular flexibility index (Phi) is 8.10. The summed E-state index contributed by atoms with van der Waals surface area (Å²) in [7, 11) is 0. The number of rotatable bonds is 6. The van der Waals surface area contributed by atoms with E-state index in [1.807, 2.05) is 6.08 Å². The molecule has 0 aromatic heterocycles. The molecule has 0 spiro atoms. The van der Waals surface area contributed by atoms with Crippen molar-refractivity contribution in [2.75, 3.05) is 6.61 Å². The third kappa shape index (κ3) is 6.82. The molecule has 0 radical (unpaired) electrons. The molecule has 13 heavy (non-hydrogen) atoms. The highest BCUT2D eigenvalue weighted by Crippen LogP contribution is 2.10. The monoisotopic (exact) mass is 248 g/mol. The molecule has 0 aromatic carbocycles. The number of halogens is 1. The van der Waals surface area contributed by atoms with Gasteiger partial charge in [-0.2, -0.15) is 0 Å². The quantitative estimate of drug-likeness (QED) is 0.409. The summed E-state index contributed by atoms with van der Waals surface area (Å²) in [6, 6.07) is 0. The van der Waals surface area contributed by atoms with E-state index in [1.165, 1.54) is 12.8 Å². The van der Waals surface area contributed by atoms with Crippen molar-refractivity contribution in [3.63, 3.8) is 0 Å². The largest absolute Gasteiger partial charge is 0.462 e. The second kappa shape index (κ2) is 8.30. The normalized spacial score (nSPS) is 11.5. The van der Waals surface area contributed by atoms with Crippen molar-refractivity contribution in [1.29, 1.82) is 0 Å². The number of hydrogen-bond donors (Lipinski definition) is 0. The van der Waals surface area contributed by atoms with Gasteiger partial charge in [-0.15, -0.1) is 0 Å². The fourth-order valence-electron chi connectivity index (χ4n) is 0.906. The molecule has 0 aliphatic carbocycles. The number of carbonyl (C=O) groups is 1. The van der Waals surface area contributed by atoms with E-state index in [9.17, 15) is 4.79 Å². The van der Waals surface area contributed by atoms with Gasteiger partial charge in [-0.3, -0.25) is 0 Å². The zero-order valence-electron chi connectivity index (χ0n) is 8.31. The molecule has 0 aromatic rings. The maximum atomic E-state index is 11.1. The van der Waals surface area contributed by atoms with Gasteiger partial charge in [0.15, 0.2) is 0 Å². The molecule has 0 heterocycles. The van der Waals surface area contributed by atoms with Crippen LogP contribution >= 0.6 is 15.9 Å². The fraction of sp³-hybridized carbons (Fsp3) is 0.700. The summed E-state index contributed by atoms with van der Waals surface area (Å²) in [6.45, 7) is 4.39. The number of carbonyl (C=O) groups excluding carboxylic acids is 1. The molecule has 0 rings (SSSR count). The van der Waals surface area contributed by atoms with E-state index in [4.69, 9.17) is 4.74 Å². The first kappa shape index (κ1) is 12.7. The first-order chi connectivity index (χ1) is 6.22. The number of unbranched alkanes of at least 4 members (excludes halogenated alkanes) is 3. The second-order valence-electron chi connectivity index (χ2n) is 2.77. The Morgan fingerprint density at radius 1 is 1.38 bits per heavy atom. The van der Waals surface area contributed by atoms with Crippen molar-refractivity contribution in [3.8, 4) is 0 Å². The molecule has 0 aliphatic rings. The van der Waals surface area contributed by atoms with Gasteiger partial charge in [-0.25, -0.2) is 4.79 Å². The molecule has 0 atom stereocenters. The van der Waals surface area contributed by atoms with E-state index in [0.29, 0.717) is 11.1 Å². The predicted octanol–water partition coefficient (Wildman–Crippen LogP) is 3.41. The van der Waals surface area contributed by atoms with E-state index >= 15 is 0 Å². The molecule has 0 amide bonds. The molecule has 0 fully saturated rings. The summed E-state index contributed by atoms with van der Waals surface area (Å²) < 4.78 is 5.35. The van der Waals surface area contributed by atoms with Crippen LogP contribution in [0.5, 0.6) is 0 Å². The Hall–Kier alpha value is -0.310. The Morgan fingerprint density at radius 3 is 2.62 bits per heavy atom.